The van der Waals surface area contributed by atoms with Gasteiger partial charge in [0.25, 0.3) is 5.91 Å². The van der Waals surface area contributed by atoms with Gasteiger partial charge in [-0.25, -0.2) is 4.79 Å². The average Bonchev–Trinajstić information content (AvgIpc) is 3.30. The third-order valence-electron chi connectivity index (χ3n) is 3.22. The normalized spacial score (nSPS) is 13.3. The molecule has 8 heteroatoms. The molecule has 1 aliphatic rings. The highest BCUT2D eigenvalue weighted by Crippen LogP contribution is 2.21. The molecule has 2 rings (SSSR count). The van der Waals surface area contributed by atoms with Crippen molar-refractivity contribution >= 4 is 41.0 Å². The maximum absolute atomic E-state index is 11.9. The number of hydrogen-bond donors (Lipinski definition) is 1. The molecule has 0 aliphatic heterocycles. The molecule has 0 heterocycles. The molecule has 0 saturated heterocycles. The quantitative estimate of drug-likeness (QED) is 0.787. The largest absolute Gasteiger partial charge is 0.452 e. The topological polar surface area (TPSA) is 75.7 Å². The van der Waals surface area contributed by atoms with Crippen LogP contribution in [0.25, 0.3) is 0 Å². The fraction of sp³-hybridized carbons (Fsp3) is 0.400. The Morgan fingerprint density at radius 2 is 2.00 bits per heavy atom. The summed E-state index contributed by atoms with van der Waals surface area (Å²) in [6.07, 6.45) is 1.95. The lowest BCUT2D eigenvalue weighted by Crippen LogP contribution is -2.40. The minimum Gasteiger partial charge on any atom is -0.452 e. The summed E-state index contributed by atoms with van der Waals surface area (Å²) in [6.45, 7) is -0.556. The van der Waals surface area contributed by atoms with Gasteiger partial charge < -0.3 is 15.0 Å². The number of nitrogens with zero attached hydrogens (tertiary/aromatic N) is 1. The van der Waals surface area contributed by atoms with Gasteiger partial charge in [-0.05, 0) is 31.0 Å². The van der Waals surface area contributed by atoms with Gasteiger partial charge >= 0.3 is 5.97 Å². The van der Waals surface area contributed by atoms with Gasteiger partial charge in [0.15, 0.2) is 6.61 Å². The first kappa shape index (κ1) is 17.6. The fourth-order valence-corrected chi connectivity index (χ4v) is 2.14. The summed E-state index contributed by atoms with van der Waals surface area (Å²) in [4.78, 5) is 36.6. The zero-order valence-electron chi connectivity index (χ0n) is 12.5. The monoisotopic (exact) mass is 358 g/mol. The molecule has 0 aromatic heterocycles. The van der Waals surface area contributed by atoms with E-state index in [-0.39, 0.29) is 29.1 Å². The predicted octanol–water partition coefficient (Wildman–Crippen LogP) is 1.89. The van der Waals surface area contributed by atoms with Crippen molar-refractivity contribution in [3.63, 3.8) is 0 Å². The molecule has 1 saturated carbocycles. The number of esters is 1. The number of ether oxygens (including phenoxy) is 1. The van der Waals surface area contributed by atoms with Crippen LogP contribution in [0.4, 0.5) is 0 Å². The number of likely N-dealkylation sites (N-methyl/N-ethyl adjacent to an activating group) is 1. The molecule has 0 atom stereocenters. The number of rotatable bonds is 6. The molecule has 0 unspecified atom stereocenters. The van der Waals surface area contributed by atoms with E-state index in [0.717, 1.165) is 12.8 Å². The third kappa shape index (κ3) is 5.41. The Bertz CT molecular complexity index is 632. The molecular weight excluding hydrogens is 343 g/mol. The number of carbonyl (C=O) groups excluding carboxylic acids is 3. The van der Waals surface area contributed by atoms with Crippen molar-refractivity contribution in [3.8, 4) is 0 Å². The number of halogens is 2. The second-order valence-electron chi connectivity index (χ2n) is 5.29. The molecule has 0 bridgehead atoms. The van der Waals surface area contributed by atoms with E-state index in [4.69, 9.17) is 27.9 Å². The van der Waals surface area contributed by atoms with E-state index < -0.39 is 18.5 Å². The Labute approximate surface area is 143 Å². The summed E-state index contributed by atoms with van der Waals surface area (Å²) < 4.78 is 4.92. The SMILES string of the molecule is CN(CC(=O)NC1CC1)C(=O)COC(=O)c1cc(Cl)ccc1Cl. The molecule has 1 fully saturated rings. The van der Waals surface area contributed by atoms with Crippen molar-refractivity contribution in [2.45, 2.75) is 18.9 Å². The van der Waals surface area contributed by atoms with Crippen molar-refractivity contribution in [1.82, 2.24) is 10.2 Å². The molecule has 23 heavy (non-hydrogen) atoms. The summed E-state index contributed by atoms with van der Waals surface area (Å²) in [7, 11) is 1.47. The lowest BCUT2D eigenvalue weighted by Gasteiger charge is -2.16. The van der Waals surface area contributed by atoms with Crippen LogP contribution >= 0.6 is 23.2 Å². The molecule has 124 valence electrons. The summed E-state index contributed by atoms with van der Waals surface area (Å²) in [6, 6.07) is 4.60. The summed E-state index contributed by atoms with van der Waals surface area (Å²) in [5.41, 5.74) is 0.0843. The minimum absolute atomic E-state index is 0.0786. The standard InChI is InChI=1S/C15H16Cl2N2O4/c1-19(7-13(20)18-10-3-4-10)14(21)8-23-15(22)11-6-9(16)2-5-12(11)17/h2,5-6,10H,3-4,7-8H2,1H3,(H,18,20). The lowest BCUT2D eigenvalue weighted by atomic mass is 10.2. The highest BCUT2D eigenvalue weighted by atomic mass is 35.5. The Balaban J connectivity index is 1.81. The van der Waals surface area contributed by atoms with Crippen LogP contribution in [0.15, 0.2) is 18.2 Å². The smallest absolute Gasteiger partial charge is 0.340 e. The summed E-state index contributed by atoms with van der Waals surface area (Å²) in [5.74, 6) is -1.46. The first-order valence-corrected chi connectivity index (χ1v) is 7.78. The van der Waals surface area contributed by atoms with Crippen LogP contribution in [0.3, 0.4) is 0 Å². The van der Waals surface area contributed by atoms with Gasteiger partial charge in [0.05, 0.1) is 17.1 Å². The predicted molar refractivity (Wildman–Crippen MR) is 85.5 cm³/mol. The van der Waals surface area contributed by atoms with E-state index in [2.05, 4.69) is 5.32 Å². The molecule has 6 nitrogen and oxygen atoms in total. The first-order chi connectivity index (χ1) is 10.9. The third-order valence-corrected chi connectivity index (χ3v) is 3.79. The zero-order valence-corrected chi connectivity index (χ0v) is 14.0. The van der Waals surface area contributed by atoms with Crippen LogP contribution in [0, 0.1) is 0 Å². The minimum atomic E-state index is -0.748. The van der Waals surface area contributed by atoms with E-state index >= 15 is 0 Å². The number of amides is 2. The van der Waals surface area contributed by atoms with E-state index in [0.29, 0.717) is 5.02 Å². The second kappa shape index (κ2) is 7.66. The molecule has 1 aromatic rings. The molecule has 0 spiro atoms. The number of benzene rings is 1. The lowest BCUT2D eigenvalue weighted by molar-refractivity contribution is -0.137. The van der Waals surface area contributed by atoms with Crippen LogP contribution in [-0.2, 0) is 14.3 Å². The van der Waals surface area contributed by atoms with Crippen molar-refractivity contribution < 1.29 is 19.1 Å². The number of hydrogen-bond acceptors (Lipinski definition) is 4. The van der Waals surface area contributed by atoms with Crippen molar-refractivity contribution in [3.05, 3.63) is 33.8 Å². The van der Waals surface area contributed by atoms with Gasteiger partial charge in [-0.15, -0.1) is 0 Å². The molecule has 2 amide bonds. The molecule has 0 radical (unpaired) electrons. The number of nitrogens with one attached hydrogen (secondary N) is 1. The van der Waals surface area contributed by atoms with Gasteiger partial charge in [-0.2, -0.15) is 0 Å². The van der Waals surface area contributed by atoms with E-state index in [1.165, 1.54) is 30.1 Å². The highest BCUT2D eigenvalue weighted by molar-refractivity contribution is 6.35. The molecule has 1 aromatic carbocycles. The fourth-order valence-electron chi connectivity index (χ4n) is 1.77. The van der Waals surface area contributed by atoms with Crippen LogP contribution in [0.1, 0.15) is 23.2 Å². The van der Waals surface area contributed by atoms with E-state index in [1.54, 1.807) is 0 Å². The highest BCUT2D eigenvalue weighted by Gasteiger charge is 2.24. The van der Waals surface area contributed by atoms with Crippen LogP contribution in [-0.4, -0.2) is 48.9 Å². The van der Waals surface area contributed by atoms with Crippen LogP contribution in [0.5, 0.6) is 0 Å². The van der Waals surface area contributed by atoms with Crippen LogP contribution in [0.2, 0.25) is 10.0 Å². The van der Waals surface area contributed by atoms with Gasteiger partial charge in [0.1, 0.15) is 0 Å². The molecule has 1 N–H and O–H groups in total. The maximum atomic E-state index is 11.9. The van der Waals surface area contributed by atoms with Gasteiger partial charge in [0.2, 0.25) is 5.91 Å². The Hall–Kier alpha value is -1.79. The van der Waals surface area contributed by atoms with E-state index in [1.807, 2.05) is 0 Å². The van der Waals surface area contributed by atoms with Gasteiger partial charge in [-0.1, -0.05) is 23.2 Å². The molecule has 1 aliphatic carbocycles. The summed E-state index contributed by atoms with van der Waals surface area (Å²) in [5, 5.41) is 3.29. The second-order valence-corrected chi connectivity index (χ2v) is 6.14. The zero-order chi connectivity index (χ0) is 17.0. The van der Waals surface area contributed by atoms with Gasteiger partial charge in [-0.3, -0.25) is 9.59 Å². The van der Waals surface area contributed by atoms with Gasteiger partial charge in [0, 0.05) is 18.1 Å². The Kier molecular flexibility index (Phi) is 5.85. The first-order valence-electron chi connectivity index (χ1n) is 7.02. The van der Waals surface area contributed by atoms with Crippen molar-refractivity contribution in [2.75, 3.05) is 20.2 Å². The summed E-state index contributed by atoms with van der Waals surface area (Å²) >= 11 is 11.7. The van der Waals surface area contributed by atoms with E-state index in [9.17, 15) is 14.4 Å². The molecular formula is C15H16Cl2N2O4. The number of carbonyl (C=O) groups is 3. The average molecular weight is 359 g/mol. The maximum Gasteiger partial charge on any atom is 0.340 e. The van der Waals surface area contributed by atoms with Crippen molar-refractivity contribution in [1.29, 1.82) is 0 Å². The Morgan fingerprint density at radius 1 is 1.30 bits per heavy atom. The Morgan fingerprint density at radius 3 is 2.65 bits per heavy atom. The van der Waals surface area contributed by atoms with Crippen LogP contribution < -0.4 is 5.32 Å². The van der Waals surface area contributed by atoms with Crippen molar-refractivity contribution in [2.24, 2.45) is 0 Å².